The number of nitrogens with zero attached hydrogens (tertiary/aromatic N) is 3. The number of hydrogen-bond acceptors (Lipinski definition) is 3. The van der Waals surface area contributed by atoms with Gasteiger partial charge in [0.2, 0.25) is 0 Å². The molecule has 0 aliphatic carbocycles. The van der Waals surface area contributed by atoms with E-state index in [1.807, 2.05) is 25.4 Å². The lowest BCUT2D eigenvalue weighted by atomic mass is 10.1. The summed E-state index contributed by atoms with van der Waals surface area (Å²) in [7, 11) is 0. The largest absolute Gasteiger partial charge is 0.397 e. The van der Waals surface area contributed by atoms with E-state index < -0.39 is 0 Å². The molecule has 0 radical (unpaired) electrons. The monoisotopic (exact) mass is 230 g/mol. The van der Waals surface area contributed by atoms with Gasteiger partial charge in [0, 0.05) is 25.4 Å². The number of nitrogen functional groups attached to an aromatic ring is 1. The van der Waals surface area contributed by atoms with Crippen LogP contribution < -0.4 is 5.73 Å². The van der Waals surface area contributed by atoms with Crippen LogP contribution in [0.3, 0.4) is 0 Å². The molecule has 0 fully saturated rings. The zero-order valence-corrected chi connectivity index (χ0v) is 10.3. The molecule has 0 aromatic carbocycles. The van der Waals surface area contributed by atoms with Gasteiger partial charge in [-0.1, -0.05) is 6.92 Å². The van der Waals surface area contributed by atoms with Crippen LogP contribution in [0.5, 0.6) is 0 Å². The second kappa shape index (κ2) is 4.99. The Balaban J connectivity index is 2.22. The first-order valence-electron chi connectivity index (χ1n) is 5.91. The Kier molecular flexibility index (Phi) is 3.42. The highest BCUT2D eigenvalue weighted by Crippen LogP contribution is 2.13. The molecular weight excluding hydrogens is 212 g/mol. The molecular formula is C13H18N4. The Labute approximate surface area is 102 Å². The fourth-order valence-corrected chi connectivity index (χ4v) is 1.91. The standard InChI is InChI=1S/C13H18N4/c1-3-5-17-6-4-15-13(17)8-12-10(2)7-11(14)9-16-12/h4,6-7,9H,3,5,8,14H2,1-2H3. The van der Waals surface area contributed by atoms with Crippen LogP contribution in [0.1, 0.15) is 30.4 Å². The number of aryl methyl sites for hydroxylation is 2. The summed E-state index contributed by atoms with van der Waals surface area (Å²) >= 11 is 0. The lowest BCUT2D eigenvalue weighted by molar-refractivity contribution is 0.644. The molecule has 0 amide bonds. The topological polar surface area (TPSA) is 56.7 Å². The molecule has 17 heavy (non-hydrogen) atoms. The summed E-state index contributed by atoms with van der Waals surface area (Å²) < 4.78 is 2.18. The van der Waals surface area contributed by atoms with Crippen LogP contribution in [-0.4, -0.2) is 14.5 Å². The summed E-state index contributed by atoms with van der Waals surface area (Å²) in [6.45, 7) is 5.20. The van der Waals surface area contributed by atoms with E-state index in [4.69, 9.17) is 5.73 Å². The quantitative estimate of drug-likeness (QED) is 0.875. The SMILES string of the molecule is CCCn1ccnc1Cc1ncc(N)cc1C. The van der Waals surface area contributed by atoms with Gasteiger partial charge in [-0.2, -0.15) is 0 Å². The maximum absolute atomic E-state index is 5.70. The fourth-order valence-electron chi connectivity index (χ4n) is 1.91. The highest BCUT2D eigenvalue weighted by molar-refractivity contribution is 5.40. The number of pyridine rings is 1. The molecule has 2 heterocycles. The smallest absolute Gasteiger partial charge is 0.114 e. The third-order valence-electron chi connectivity index (χ3n) is 2.80. The van der Waals surface area contributed by atoms with Gasteiger partial charge in [0.15, 0.2) is 0 Å². The molecule has 0 aliphatic heterocycles. The van der Waals surface area contributed by atoms with Crippen LogP contribution in [0.2, 0.25) is 0 Å². The first-order valence-corrected chi connectivity index (χ1v) is 5.91. The van der Waals surface area contributed by atoms with Crippen molar-refractivity contribution in [3.63, 3.8) is 0 Å². The van der Waals surface area contributed by atoms with E-state index >= 15 is 0 Å². The lowest BCUT2D eigenvalue weighted by Crippen LogP contribution is -2.06. The number of nitrogens with two attached hydrogens (primary N) is 1. The lowest BCUT2D eigenvalue weighted by Gasteiger charge is -2.08. The van der Waals surface area contributed by atoms with Gasteiger partial charge in [-0.3, -0.25) is 4.98 Å². The van der Waals surface area contributed by atoms with Crippen LogP contribution in [0.25, 0.3) is 0 Å². The predicted molar refractivity (Wildman–Crippen MR) is 68.7 cm³/mol. The maximum atomic E-state index is 5.70. The third-order valence-corrected chi connectivity index (χ3v) is 2.80. The minimum atomic E-state index is 0.711. The number of anilines is 1. The molecule has 0 aliphatic rings. The molecule has 4 heteroatoms. The van der Waals surface area contributed by atoms with Gasteiger partial charge < -0.3 is 10.3 Å². The van der Waals surface area contributed by atoms with Crippen LogP contribution in [0, 0.1) is 6.92 Å². The Morgan fingerprint density at radius 1 is 1.35 bits per heavy atom. The molecule has 2 aromatic rings. The molecule has 0 unspecified atom stereocenters. The summed E-state index contributed by atoms with van der Waals surface area (Å²) in [5.41, 5.74) is 8.57. The van der Waals surface area contributed by atoms with Crippen molar-refractivity contribution < 1.29 is 0 Å². The first kappa shape index (κ1) is 11.6. The minimum Gasteiger partial charge on any atom is -0.397 e. The van der Waals surface area contributed by atoms with Crippen LogP contribution in [0.4, 0.5) is 5.69 Å². The van der Waals surface area contributed by atoms with E-state index in [9.17, 15) is 0 Å². The molecule has 0 bridgehead atoms. The Bertz CT molecular complexity index is 502. The van der Waals surface area contributed by atoms with E-state index in [0.29, 0.717) is 5.69 Å². The van der Waals surface area contributed by atoms with Crippen molar-refractivity contribution in [1.82, 2.24) is 14.5 Å². The Morgan fingerprint density at radius 3 is 2.88 bits per heavy atom. The van der Waals surface area contributed by atoms with Gasteiger partial charge in [0.25, 0.3) is 0 Å². The molecule has 2 rings (SSSR count). The van der Waals surface area contributed by atoms with Crippen LogP contribution in [-0.2, 0) is 13.0 Å². The van der Waals surface area contributed by atoms with Crippen molar-refractivity contribution >= 4 is 5.69 Å². The summed E-state index contributed by atoms with van der Waals surface area (Å²) in [5.74, 6) is 1.06. The van der Waals surface area contributed by atoms with Gasteiger partial charge in [-0.05, 0) is 25.0 Å². The van der Waals surface area contributed by atoms with Crippen molar-refractivity contribution in [2.45, 2.75) is 33.2 Å². The predicted octanol–water partition coefficient (Wildman–Crippen LogP) is 2.17. The fraction of sp³-hybridized carbons (Fsp3) is 0.385. The second-order valence-corrected chi connectivity index (χ2v) is 4.25. The maximum Gasteiger partial charge on any atom is 0.114 e. The third kappa shape index (κ3) is 2.64. The molecule has 2 aromatic heterocycles. The van der Waals surface area contributed by atoms with E-state index in [1.165, 1.54) is 0 Å². The number of aromatic nitrogens is 3. The molecule has 0 spiro atoms. The normalized spacial score (nSPS) is 10.7. The van der Waals surface area contributed by atoms with Crippen molar-refractivity contribution in [2.75, 3.05) is 5.73 Å². The van der Waals surface area contributed by atoms with Crippen molar-refractivity contribution in [2.24, 2.45) is 0 Å². The molecule has 2 N–H and O–H groups in total. The van der Waals surface area contributed by atoms with E-state index in [0.717, 1.165) is 36.5 Å². The van der Waals surface area contributed by atoms with Crippen molar-refractivity contribution in [3.05, 3.63) is 41.7 Å². The molecule has 4 nitrogen and oxygen atoms in total. The minimum absolute atomic E-state index is 0.711. The Morgan fingerprint density at radius 2 is 2.18 bits per heavy atom. The number of hydrogen-bond donors (Lipinski definition) is 1. The molecule has 0 saturated heterocycles. The number of rotatable bonds is 4. The van der Waals surface area contributed by atoms with Crippen LogP contribution in [0.15, 0.2) is 24.7 Å². The summed E-state index contributed by atoms with van der Waals surface area (Å²) in [4.78, 5) is 8.76. The summed E-state index contributed by atoms with van der Waals surface area (Å²) in [5, 5.41) is 0. The summed E-state index contributed by atoms with van der Waals surface area (Å²) in [6, 6.07) is 1.95. The molecule has 0 atom stereocenters. The number of imidazole rings is 1. The van der Waals surface area contributed by atoms with Gasteiger partial charge in [-0.25, -0.2) is 4.98 Å². The molecule has 0 saturated carbocycles. The summed E-state index contributed by atoms with van der Waals surface area (Å²) in [6.07, 6.45) is 7.44. The first-order chi connectivity index (χ1) is 8.20. The van der Waals surface area contributed by atoms with E-state index in [1.54, 1.807) is 6.20 Å². The van der Waals surface area contributed by atoms with E-state index in [-0.39, 0.29) is 0 Å². The second-order valence-electron chi connectivity index (χ2n) is 4.25. The van der Waals surface area contributed by atoms with Gasteiger partial charge in [0.05, 0.1) is 17.6 Å². The van der Waals surface area contributed by atoms with Gasteiger partial charge in [0.1, 0.15) is 5.82 Å². The van der Waals surface area contributed by atoms with Gasteiger partial charge >= 0.3 is 0 Å². The van der Waals surface area contributed by atoms with Crippen molar-refractivity contribution in [1.29, 1.82) is 0 Å². The Hall–Kier alpha value is -1.84. The van der Waals surface area contributed by atoms with Crippen molar-refractivity contribution in [3.8, 4) is 0 Å². The van der Waals surface area contributed by atoms with Gasteiger partial charge in [-0.15, -0.1) is 0 Å². The highest BCUT2D eigenvalue weighted by Gasteiger charge is 2.07. The average Bonchev–Trinajstić information content (AvgIpc) is 2.71. The van der Waals surface area contributed by atoms with E-state index in [2.05, 4.69) is 21.5 Å². The van der Waals surface area contributed by atoms with Crippen LogP contribution >= 0.6 is 0 Å². The zero-order valence-electron chi connectivity index (χ0n) is 10.3. The zero-order chi connectivity index (χ0) is 12.3. The average molecular weight is 230 g/mol. The molecule has 90 valence electrons. The highest BCUT2D eigenvalue weighted by atomic mass is 15.1.